The summed E-state index contributed by atoms with van der Waals surface area (Å²) in [6, 6.07) is 20.1. The van der Waals surface area contributed by atoms with Crippen LogP contribution in [-0.4, -0.2) is 76.9 Å². The Hall–Kier alpha value is -5.00. The van der Waals surface area contributed by atoms with E-state index in [9.17, 15) is 19.5 Å². The summed E-state index contributed by atoms with van der Waals surface area (Å²) in [6.07, 6.45) is 2.91. The van der Waals surface area contributed by atoms with Crippen molar-refractivity contribution in [1.82, 2.24) is 14.5 Å². The van der Waals surface area contributed by atoms with Crippen molar-refractivity contribution in [1.29, 1.82) is 0 Å². The topological polar surface area (TPSA) is 129 Å². The number of morpholine rings is 1. The molecule has 3 N–H and O–H groups in total. The average Bonchev–Trinajstić information content (AvgIpc) is 3.08. The molecule has 0 unspecified atom stereocenters. The van der Waals surface area contributed by atoms with Gasteiger partial charge in [-0.25, -0.2) is 4.98 Å². The molecule has 2 amide bonds. The molecule has 46 heavy (non-hydrogen) atoms. The fraction of sp³-hybridized carbons (Fsp3) is 0.314. The van der Waals surface area contributed by atoms with E-state index in [1.165, 1.54) is 4.57 Å². The number of nitrogens with one attached hydrogen (secondary N) is 2. The summed E-state index contributed by atoms with van der Waals surface area (Å²) in [4.78, 5) is 47.7. The summed E-state index contributed by atoms with van der Waals surface area (Å²) in [5, 5.41) is 15.9. The van der Waals surface area contributed by atoms with Gasteiger partial charge < -0.3 is 34.8 Å². The van der Waals surface area contributed by atoms with Crippen molar-refractivity contribution < 1.29 is 19.4 Å². The number of aromatic nitrogens is 2. The number of aliphatic hydroxyl groups excluding tert-OH is 1. The van der Waals surface area contributed by atoms with Gasteiger partial charge in [-0.2, -0.15) is 0 Å². The summed E-state index contributed by atoms with van der Waals surface area (Å²) < 4.78 is 6.81. The number of piperidine rings is 1. The number of hydrogen-bond donors (Lipinski definition) is 3. The van der Waals surface area contributed by atoms with E-state index >= 15 is 0 Å². The molecule has 0 spiro atoms. The first-order valence-corrected chi connectivity index (χ1v) is 15.5. The van der Waals surface area contributed by atoms with Crippen LogP contribution in [0.5, 0.6) is 0 Å². The van der Waals surface area contributed by atoms with Crippen LogP contribution < -0.4 is 21.1 Å². The number of anilines is 4. The van der Waals surface area contributed by atoms with Gasteiger partial charge in [0.1, 0.15) is 0 Å². The van der Waals surface area contributed by atoms with E-state index in [2.05, 4.69) is 20.5 Å². The Kier molecular flexibility index (Phi) is 9.13. The van der Waals surface area contributed by atoms with Crippen molar-refractivity contribution in [2.45, 2.75) is 25.9 Å². The number of rotatable bonds is 7. The number of carbonyl (C=O) groups excluding carboxylic acids is 2. The van der Waals surface area contributed by atoms with E-state index in [0.29, 0.717) is 54.5 Å². The summed E-state index contributed by atoms with van der Waals surface area (Å²) in [6.45, 7) is 5.68. The molecule has 11 nitrogen and oxygen atoms in total. The van der Waals surface area contributed by atoms with Gasteiger partial charge >= 0.3 is 0 Å². The highest BCUT2D eigenvalue weighted by Gasteiger charge is 2.20. The highest BCUT2D eigenvalue weighted by Crippen LogP contribution is 2.29. The first kappa shape index (κ1) is 31.0. The van der Waals surface area contributed by atoms with Crippen LogP contribution in [0.15, 0.2) is 77.7 Å². The van der Waals surface area contributed by atoms with E-state index in [4.69, 9.17) is 4.74 Å². The summed E-state index contributed by atoms with van der Waals surface area (Å²) >= 11 is 0. The highest BCUT2D eigenvalue weighted by molar-refractivity contribution is 6.05. The third kappa shape index (κ3) is 6.80. The van der Waals surface area contributed by atoms with Gasteiger partial charge in [-0.05, 0) is 79.9 Å². The molecule has 0 bridgehead atoms. The SMILES string of the molecule is Cc1c(NC(=O)c2ccc(N3CCC(O)CC3)cc2)cccc1-c1cn(C)c(=O)c(Nc2ccc(C(=O)N3CCOCC3)cc2)n1. The summed E-state index contributed by atoms with van der Waals surface area (Å²) in [5.41, 5.74) is 5.24. The zero-order valence-electron chi connectivity index (χ0n) is 26.0. The van der Waals surface area contributed by atoms with Crippen LogP contribution >= 0.6 is 0 Å². The highest BCUT2D eigenvalue weighted by atomic mass is 16.5. The average molecular weight is 623 g/mol. The molecule has 0 atom stereocenters. The second-order valence-electron chi connectivity index (χ2n) is 11.7. The van der Waals surface area contributed by atoms with E-state index in [-0.39, 0.29) is 29.3 Å². The van der Waals surface area contributed by atoms with Crippen molar-refractivity contribution in [3.05, 3.63) is 100.0 Å². The molecule has 1 aromatic heterocycles. The molecule has 3 aromatic carbocycles. The second-order valence-corrected chi connectivity index (χ2v) is 11.7. The van der Waals surface area contributed by atoms with Gasteiger partial charge in [0.25, 0.3) is 17.4 Å². The van der Waals surface area contributed by atoms with Crippen LogP contribution in [0.2, 0.25) is 0 Å². The van der Waals surface area contributed by atoms with Gasteiger partial charge in [0.05, 0.1) is 25.0 Å². The predicted molar refractivity (Wildman–Crippen MR) is 178 cm³/mol. The van der Waals surface area contributed by atoms with Crippen LogP contribution in [0.3, 0.4) is 0 Å². The maximum atomic E-state index is 13.2. The maximum absolute atomic E-state index is 13.2. The monoisotopic (exact) mass is 622 g/mol. The van der Waals surface area contributed by atoms with E-state index < -0.39 is 0 Å². The fourth-order valence-electron chi connectivity index (χ4n) is 5.79. The molecule has 238 valence electrons. The Morgan fingerprint density at radius 3 is 2.28 bits per heavy atom. The quantitative estimate of drug-likeness (QED) is 0.280. The Morgan fingerprint density at radius 2 is 1.59 bits per heavy atom. The van der Waals surface area contributed by atoms with Crippen LogP contribution in [0, 0.1) is 6.92 Å². The number of aliphatic hydroxyl groups is 1. The molecule has 2 aliphatic heterocycles. The molecule has 4 aromatic rings. The molecule has 0 radical (unpaired) electrons. The molecule has 0 aliphatic carbocycles. The van der Waals surface area contributed by atoms with Crippen LogP contribution in [0.25, 0.3) is 11.3 Å². The number of aryl methyl sites for hydroxylation is 1. The molecule has 11 heteroatoms. The normalized spacial score (nSPS) is 15.5. The third-order valence-corrected chi connectivity index (χ3v) is 8.58. The lowest BCUT2D eigenvalue weighted by Gasteiger charge is -2.31. The lowest BCUT2D eigenvalue weighted by atomic mass is 10.0. The fourth-order valence-corrected chi connectivity index (χ4v) is 5.79. The van der Waals surface area contributed by atoms with Crippen LogP contribution in [-0.2, 0) is 11.8 Å². The zero-order valence-corrected chi connectivity index (χ0v) is 26.0. The molecule has 3 heterocycles. The van der Waals surface area contributed by atoms with Gasteiger partial charge in [0.15, 0.2) is 5.82 Å². The second kappa shape index (κ2) is 13.6. The molecule has 0 saturated carbocycles. The molecular weight excluding hydrogens is 584 g/mol. The van der Waals surface area contributed by atoms with Gasteiger partial charge in [-0.15, -0.1) is 0 Å². The van der Waals surface area contributed by atoms with Crippen molar-refractivity contribution >= 4 is 34.7 Å². The van der Waals surface area contributed by atoms with E-state index in [1.54, 1.807) is 42.4 Å². The van der Waals surface area contributed by atoms with Crippen LogP contribution in [0.1, 0.15) is 39.1 Å². The third-order valence-electron chi connectivity index (χ3n) is 8.58. The summed E-state index contributed by atoms with van der Waals surface area (Å²) in [5.74, 6) is -0.138. The summed E-state index contributed by atoms with van der Waals surface area (Å²) in [7, 11) is 1.67. The molecule has 2 fully saturated rings. The van der Waals surface area contributed by atoms with Crippen molar-refractivity contribution in [3.8, 4) is 11.3 Å². The minimum absolute atomic E-state index is 0.0516. The Balaban J connectivity index is 1.17. The number of hydrogen-bond acceptors (Lipinski definition) is 8. The van der Waals surface area contributed by atoms with Crippen molar-refractivity contribution in [3.63, 3.8) is 0 Å². The van der Waals surface area contributed by atoms with Gasteiger partial charge in [-0.1, -0.05) is 12.1 Å². The van der Waals surface area contributed by atoms with Gasteiger partial charge in [0, 0.05) is 73.2 Å². The molecule has 2 saturated heterocycles. The largest absolute Gasteiger partial charge is 0.393 e. The zero-order chi connectivity index (χ0) is 32.2. The van der Waals surface area contributed by atoms with Gasteiger partial charge in [-0.3, -0.25) is 14.4 Å². The van der Waals surface area contributed by atoms with E-state index in [1.807, 2.05) is 49.4 Å². The molecule has 2 aliphatic rings. The first-order chi connectivity index (χ1) is 22.3. The molecular formula is C35H38N6O5. The Labute approximate surface area is 267 Å². The number of ether oxygens (including phenoxy) is 1. The number of carbonyl (C=O) groups is 2. The minimum atomic E-state index is -0.302. The van der Waals surface area contributed by atoms with Gasteiger partial charge in [0.2, 0.25) is 0 Å². The smallest absolute Gasteiger partial charge is 0.293 e. The molecule has 6 rings (SSSR count). The number of benzene rings is 3. The lowest BCUT2D eigenvalue weighted by Crippen LogP contribution is -2.40. The number of amides is 2. The predicted octanol–water partition coefficient (Wildman–Crippen LogP) is 4.19. The van der Waals surface area contributed by atoms with Crippen LogP contribution in [0.4, 0.5) is 22.9 Å². The Morgan fingerprint density at radius 1 is 0.913 bits per heavy atom. The van der Waals surface area contributed by atoms with E-state index in [0.717, 1.165) is 42.7 Å². The first-order valence-electron chi connectivity index (χ1n) is 15.5. The van der Waals surface area contributed by atoms with Crippen molar-refractivity contribution in [2.75, 3.05) is 54.9 Å². The number of nitrogens with zero attached hydrogens (tertiary/aromatic N) is 4. The lowest BCUT2D eigenvalue weighted by molar-refractivity contribution is 0.0303. The Bertz CT molecular complexity index is 1770. The standard InChI is InChI=1S/C35H38N6O5/c1-23-29(4-3-5-30(23)38-33(43)24-8-12-27(13-9-24)40-16-14-28(42)15-17-40)31-22-39(2)35(45)32(37-31)36-26-10-6-25(7-11-26)34(44)41-18-20-46-21-19-41/h3-13,22,28,42H,14-21H2,1-2H3,(H,36,37)(H,38,43). The maximum Gasteiger partial charge on any atom is 0.293 e. The van der Waals surface area contributed by atoms with Crippen molar-refractivity contribution in [2.24, 2.45) is 7.05 Å². The minimum Gasteiger partial charge on any atom is -0.393 e.